The first kappa shape index (κ1) is 18.8. The van der Waals surface area contributed by atoms with Crippen LogP contribution < -0.4 is 20.2 Å². The van der Waals surface area contributed by atoms with E-state index in [9.17, 15) is 9.18 Å². The summed E-state index contributed by atoms with van der Waals surface area (Å²) in [5, 5.41) is 6.87. The smallest absolute Gasteiger partial charge is 0.314 e. The Balaban J connectivity index is 1.58. The number of thiocarbonyl (C=S) groups is 1. The van der Waals surface area contributed by atoms with Crippen molar-refractivity contribution in [2.75, 3.05) is 12.4 Å². The molecule has 0 spiro atoms. The minimum absolute atomic E-state index is 0.00288. The summed E-state index contributed by atoms with van der Waals surface area (Å²) in [4.78, 5) is 11.8. The van der Waals surface area contributed by atoms with E-state index < -0.39 is 5.82 Å². The number of halogens is 1. The second-order valence-electron chi connectivity index (χ2n) is 5.91. The van der Waals surface area contributed by atoms with Crippen LogP contribution in [-0.4, -0.2) is 24.4 Å². The highest BCUT2D eigenvalue weighted by Gasteiger charge is 2.32. The summed E-state index contributed by atoms with van der Waals surface area (Å²) in [6, 6.07) is 11.3. The summed E-state index contributed by atoms with van der Waals surface area (Å²) in [6.07, 6.45) is 3.26. The molecule has 1 fully saturated rings. The normalized spacial score (nSPS) is 13.3. The average Bonchev–Trinajstić information content (AvgIpc) is 3.50. The number of esters is 1. The van der Waals surface area contributed by atoms with Gasteiger partial charge in [-0.3, -0.25) is 10.2 Å². The number of para-hydroxylation sites is 1. The highest BCUT2D eigenvalue weighted by molar-refractivity contribution is 7.80. The van der Waals surface area contributed by atoms with E-state index in [1.165, 1.54) is 19.4 Å². The maximum atomic E-state index is 13.6. The van der Waals surface area contributed by atoms with Crippen LogP contribution in [0.25, 0.3) is 0 Å². The summed E-state index contributed by atoms with van der Waals surface area (Å²) < 4.78 is 24.2. The van der Waals surface area contributed by atoms with Gasteiger partial charge in [0.15, 0.2) is 16.6 Å². The van der Waals surface area contributed by atoms with Gasteiger partial charge < -0.3 is 14.8 Å². The van der Waals surface area contributed by atoms with Gasteiger partial charge in [-0.2, -0.15) is 5.10 Å². The molecule has 0 saturated heterocycles. The Morgan fingerprint density at radius 3 is 2.74 bits per heavy atom. The van der Waals surface area contributed by atoms with Gasteiger partial charge in [-0.25, -0.2) is 4.39 Å². The molecule has 6 nitrogen and oxygen atoms in total. The Kier molecular flexibility index (Phi) is 5.97. The Labute approximate surface area is 161 Å². The fourth-order valence-corrected chi connectivity index (χ4v) is 2.40. The molecular formula is C19H18FN3O3S. The van der Waals surface area contributed by atoms with Gasteiger partial charge in [-0.1, -0.05) is 12.1 Å². The van der Waals surface area contributed by atoms with E-state index in [0.29, 0.717) is 17.1 Å². The third kappa shape index (κ3) is 5.24. The molecule has 27 heavy (non-hydrogen) atoms. The maximum absolute atomic E-state index is 13.6. The number of hydrogen-bond donors (Lipinski definition) is 2. The molecule has 1 aliphatic rings. The average molecular weight is 387 g/mol. The van der Waals surface area contributed by atoms with Crippen LogP contribution in [0.15, 0.2) is 47.6 Å². The zero-order chi connectivity index (χ0) is 19.2. The monoisotopic (exact) mass is 387 g/mol. The summed E-state index contributed by atoms with van der Waals surface area (Å²) in [6.45, 7) is 0. The maximum Gasteiger partial charge on any atom is 0.314 e. The van der Waals surface area contributed by atoms with Crippen molar-refractivity contribution in [3.05, 3.63) is 53.8 Å². The predicted octanol–water partition coefficient (Wildman–Crippen LogP) is 3.47. The van der Waals surface area contributed by atoms with Crippen LogP contribution in [0.1, 0.15) is 18.4 Å². The number of hydrogen-bond acceptors (Lipinski definition) is 5. The number of hydrazone groups is 1. The van der Waals surface area contributed by atoms with Crippen LogP contribution in [0.3, 0.4) is 0 Å². The molecule has 0 aromatic heterocycles. The first-order chi connectivity index (χ1) is 13.1. The minimum atomic E-state index is -0.410. The molecule has 0 bridgehead atoms. The van der Waals surface area contributed by atoms with E-state index in [1.807, 2.05) is 0 Å². The summed E-state index contributed by atoms with van der Waals surface area (Å²) in [5.74, 6) is 0.159. The fraction of sp³-hybridized carbons (Fsp3) is 0.211. The molecule has 0 unspecified atom stereocenters. The molecule has 0 aliphatic heterocycles. The molecular weight excluding hydrogens is 369 g/mol. The molecule has 2 N–H and O–H groups in total. The Bertz CT molecular complexity index is 884. The Hall–Kier alpha value is -3.00. The molecule has 8 heteroatoms. The van der Waals surface area contributed by atoms with E-state index >= 15 is 0 Å². The molecule has 0 heterocycles. The third-order valence-corrected chi connectivity index (χ3v) is 4.00. The minimum Gasteiger partial charge on any atom is -0.493 e. The third-order valence-electron chi connectivity index (χ3n) is 3.81. The molecule has 2 aromatic rings. The summed E-state index contributed by atoms with van der Waals surface area (Å²) >= 11 is 5.07. The SMILES string of the molecule is COc1cc(/C=N\NC(=S)Nc2ccccc2F)ccc1OC(=O)C1CC1. The standard InChI is InChI=1S/C19H18FN3O3S/c1-25-17-10-12(6-9-16(17)26-18(24)13-7-8-13)11-21-23-19(27)22-15-5-3-2-4-14(15)20/h2-6,9-11,13H,7-8H2,1H3,(H2,22,23,27)/b21-11-. The largest absolute Gasteiger partial charge is 0.493 e. The zero-order valence-electron chi connectivity index (χ0n) is 14.6. The molecule has 1 saturated carbocycles. The van der Waals surface area contributed by atoms with Gasteiger partial charge in [0.2, 0.25) is 0 Å². The number of carbonyl (C=O) groups is 1. The molecule has 2 aromatic carbocycles. The summed E-state index contributed by atoms with van der Waals surface area (Å²) in [7, 11) is 1.50. The number of ether oxygens (including phenoxy) is 2. The van der Waals surface area contributed by atoms with E-state index in [-0.39, 0.29) is 22.7 Å². The topological polar surface area (TPSA) is 71.9 Å². The van der Waals surface area contributed by atoms with Crippen molar-refractivity contribution in [2.24, 2.45) is 11.0 Å². The van der Waals surface area contributed by atoms with Crippen molar-refractivity contribution in [3.8, 4) is 11.5 Å². The van der Waals surface area contributed by atoms with Crippen molar-refractivity contribution in [1.82, 2.24) is 5.43 Å². The highest BCUT2D eigenvalue weighted by Crippen LogP contribution is 2.34. The first-order valence-corrected chi connectivity index (χ1v) is 8.72. The number of methoxy groups -OCH3 is 1. The van der Waals surface area contributed by atoms with Crippen molar-refractivity contribution in [3.63, 3.8) is 0 Å². The number of anilines is 1. The molecule has 0 radical (unpaired) electrons. The van der Waals surface area contributed by atoms with Gasteiger partial charge in [-0.15, -0.1) is 0 Å². The van der Waals surface area contributed by atoms with Gasteiger partial charge >= 0.3 is 5.97 Å². The van der Waals surface area contributed by atoms with Crippen LogP contribution in [0.4, 0.5) is 10.1 Å². The van der Waals surface area contributed by atoms with Crippen molar-refractivity contribution >= 4 is 35.2 Å². The second-order valence-corrected chi connectivity index (χ2v) is 6.32. The van der Waals surface area contributed by atoms with Crippen LogP contribution in [0, 0.1) is 11.7 Å². The number of carbonyl (C=O) groups excluding carboxylic acids is 1. The lowest BCUT2D eigenvalue weighted by Crippen LogP contribution is -2.24. The number of benzene rings is 2. The van der Waals surface area contributed by atoms with Crippen LogP contribution >= 0.6 is 12.2 Å². The molecule has 0 amide bonds. The van der Waals surface area contributed by atoms with Gasteiger partial charge in [0.25, 0.3) is 0 Å². The van der Waals surface area contributed by atoms with Crippen LogP contribution in [0.2, 0.25) is 0 Å². The van der Waals surface area contributed by atoms with Crippen molar-refractivity contribution < 1.29 is 18.7 Å². The Morgan fingerprint density at radius 2 is 2.04 bits per heavy atom. The van der Waals surface area contributed by atoms with Crippen molar-refractivity contribution in [1.29, 1.82) is 0 Å². The molecule has 1 aliphatic carbocycles. The van der Waals surface area contributed by atoms with Gasteiger partial charge in [0, 0.05) is 0 Å². The zero-order valence-corrected chi connectivity index (χ0v) is 15.4. The lowest BCUT2D eigenvalue weighted by molar-refractivity contribution is -0.135. The predicted molar refractivity (Wildman–Crippen MR) is 105 cm³/mol. The van der Waals surface area contributed by atoms with Gasteiger partial charge in [0.05, 0.1) is 24.9 Å². The molecule has 3 rings (SSSR count). The summed E-state index contributed by atoms with van der Waals surface area (Å²) in [5.41, 5.74) is 3.58. The van der Waals surface area contributed by atoms with Crippen LogP contribution in [-0.2, 0) is 4.79 Å². The second kappa shape index (κ2) is 8.59. The van der Waals surface area contributed by atoms with Gasteiger partial charge in [-0.05, 0) is 61.0 Å². The first-order valence-electron chi connectivity index (χ1n) is 8.31. The van der Waals surface area contributed by atoms with E-state index in [2.05, 4.69) is 15.8 Å². The van der Waals surface area contributed by atoms with Crippen molar-refractivity contribution in [2.45, 2.75) is 12.8 Å². The highest BCUT2D eigenvalue weighted by atomic mass is 32.1. The van der Waals surface area contributed by atoms with E-state index in [0.717, 1.165) is 12.8 Å². The lowest BCUT2D eigenvalue weighted by atomic mass is 10.2. The molecule has 140 valence electrons. The lowest BCUT2D eigenvalue weighted by Gasteiger charge is -2.10. The van der Waals surface area contributed by atoms with E-state index in [4.69, 9.17) is 21.7 Å². The number of rotatable bonds is 6. The molecule has 0 atom stereocenters. The van der Waals surface area contributed by atoms with Gasteiger partial charge in [0.1, 0.15) is 5.82 Å². The fourth-order valence-electron chi connectivity index (χ4n) is 2.24. The van der Waals surface area contributed by atoms with Crippen LogP contribution in [0.5, 0.6) is 11.5 Å². The quantitative estimate of drug-likeness (QED) is 0.260. The number of nitrogens with zero attached hydrogens (tertiary/aromatic N) is 1. The number of nitrogens with one attached hydrogen (secondary N) is 2. The van der Waals surface area contributed by atoms with E-state index in [1.54, 1.807) is 36.4 Å². The Morgan fingerprint density at radius 1 is 1.26 bits per heavy atom.